The highest BCUT2D eigenvalue weighted by Crippen LogP contribution is 2.71. The Morgan fingerprint density at radius 3 is 3.04 bits per heavy atom. The van der Waals surface area contributed by atoms with Crippen molar-refractivity contribution in [3.05, 3.63) is 35.8 Å². The quantitative estimate of drug-likeness (QED) is 0.858. The lowest BCUT2D eigenvalue weighted by Gasteiger charge is -2.60. The maximum atomic E-state index is 12.0. The van der Waals surface area contributed by atoms with Gasteiger partial charge in [0.2, 0.25) is 0 Å². The number of hydrogen-bond donors (Lipinski definition) is 2. The van der Waals surface area contributed by atoms with Crippen LogP contribution in [0.15, 0.2) is 34.7 Å². The summed E-state index contributed by atoms with van der Waals surface area (Å²) in [5.74, 6) is -0.503. The van der Waals surface area contributed by atoms with Crippen molar-refractivity contribution in [2.24, 2.45) is 22.7 Å². The maximum Gasteiger partial charge on any atom is 0.331 e. The van der Waals surface area contributed by atoms with Crippen molar-refractivity contribution in [1.82, 2.24) is 0 Å². The molecule has 2 aliphatic heterocycles. The minimum atomic E-state index is -0.851. The van der Waals surface area contributed by atoms with Gasteiger partial charge in [-0.2, -0.15) is 0 Å². The van der Waals surface area contributed by atoms with E-state index in [4.69, 9.17) is 13.9 Å². The predicted molar refractivity (Wildman–Crippen MR) is 90.0 cm³/mol. The second kappa shape index (κ2) is 5.44. The molecule has 0 aromatic carbocycles. The van der Waals surface area contributed by atoms with Crippen LogP contribution < -0.4 is 0 Å². The van der Waals surface area contributed by atoms with E-state index in [0.717, 1.165) is 18.4 Å². The highest BCUT2D eigenvalue weighted by molar-refractivity contribution is 5.88. The van der Waals surface area contributed by atoms with Gasteiger partial charge in [-0.15, -0.1) is 0 Å². The summed E-state index contributed by atoms with van der Waals surface area (Å²) in [6.07, 6.45) is 6.76. The number of aliphatic hydroxyl groups excluding tert-OH is 1. The first-order valence-corrected chi connectivity index (χ1v) is 9.40. The van der Waals surface area contributed by atoms with Crippen LogP contribution in [0.1, 0.15) is 44.3 Å². The van der Waals surface area contributed by atoms with Gasteiger partial charge in [0.1, 0.15) is 0 Å². The molecule has 140 valence electrons. The third kappa shape index (κ3) is 1.90. The van der Waals surface area contributed by atoms with Crippen molar-refractivity contribution in [2.75, 3.05) is 6.61 Å². The van der Waals surface area contributed by atoms with Crippen molar-refractivity contribution in [3.8, 4) is 0 Å². The molecule has 1 saturated carbocycles. The molecule has 3 bridgehead atoms. The summed E-state index contributed by atoms with van der Waals surface area (Å²) in [4.78, 5) is 12.0. The molecule has 6 heteroatoms. The predicted octanol–water partition coefficient (Wildman–Crippen LogP) is 2.89. The van der Waals surface area contributed by atoms with Crippen LogP contribution in [-0.4, -0.2) is 35.2 Å². The van der Waals surface area contributed by atoms with E-state index in [2.05, 4.69) is 6.92 Å². The van der Waals surface area contributed by atoms with Gasteiger partial charge in [0.05, 0.1) is 31.3 Å². The summed E-state index contributed by atoms with van der Waals surface area (Å²) in [6, 6.07) is 1.78. The standard InChI is InChI=1S/C20H24O6/c1-11-15-8-19-10-25-18(26-15)20(11,7-14(21)12-5-6-24-9-12)16(19)4-2-3-13(19)17(22)23/h3,5-6,9,11,14-16,18,21H,2,4,7-8,10H2,1H3,(H,22,23)/t11-,14?,15-,16+,18?,19-,20+/m1/s1. The molecule has 26 heavy (non-hydrogen) atoms. The maximum absolute atomic E-state index is 12.0. The Kier molecular flexibility index (Phi) is 3.46. The zero-order valence-electron chi connectivity index (χ0n) is 14.8. The monoisotopic (exact) mass is 360 g/mol. The number of carboxylic acid groups (broad SMARTS) is 1. The first-order chi connectivity index (χ1) is 12.5. The average molecular weight is 360 g/mol. The number of fused-ring (bicyclic) bond motifs is 1. The Hall–Kier alpha value is -1.63. The number of carboxylic acids is 1. The fourth-order valence-corrected chi connectivity index (χ4v) is 6.42. The van der Waals surface area contributed by atoms with Crippen molar-refractivity contribution in [2.45, 2.75) is 51.1 Å². The third-order valence-corrected chi connectivity index (χ3v) is 7.56. The molecule has 0 radical (unpaired) electrons. The number of furan rings is 1. The lowest BCUT2D eigenvalue weighted by Crippen LogP contribution is -2.62. The van der Waals surface area contributed by atoms with Crippen molar-refractivity contribution in [3.63, 3.8) is 0 Å². The molecular weight excluding hydrogens is 336 g/mol. The van der Waals surface area contributed by atoms with E-state index in [1.807, 2.05) is 6.08 Å². The van der Waals surface area contributed by atoms with Gasteiger partial charge < -0.3 is 24.1 Å². The molecule has 3 heterocycles. The van der Waals surface area contributed by atoms with Gasteiger partial charge in [0.15, 0.2) is 6.29 Å². The molecule has 4 aliphatic rings. The van der Waals surface area contributed by atoms with Crippen molar-refractivity contribution in [1.29, 1.82) is 0 Å². The normalized spacial score (nSPS) is 44.5. The van der Waals surface area contributed by atoms with Crippen LogP contribution >= 0.6 is 0 Å². The summed E-state index contributed by atoms with van der Waals surface area (Å²) in [5.41, 5.74) is 0.337. The number of aliphatic hydroxyl groups is 1. The van der Waals surface area contributed by atoms with Crippen LogP contribution in [-0.2, 0) is 14.3 Å². The molecule has 2 saturated heterocycles. The molecule has 1 aromatic heterocycles. The number of carbonyl (C=O) groups is 1. The van der Waals surface area contributed by atoms with Gasteiger partial charge in [-0.1, -0.05) is 13.0 Å². The molecule has 2 aliphatic carbocycles. The number of allylic oxidation sites excluding steroid dienone is 1. The number of rotatable bonds is 4. The summed E-state index contributed by atoms with van der Waals surface area (Å²) < 4.78 is 17.5. The zero-order chi connectivity index (χ0) is 18.1. The van der Waals surface area contributed by atoms with E-state index in [-0.39, 0.29) is 29.6 Å². The molecule has 2 unspecified atom stereocenters. The van der Waals surface area contributed by atoms with Gasteiger partial charge in [-0.05, 0) is 43.6 Å². The molecule has 5 rings (SSSR count). The highest BCUT2D eigenvalue weighted by atomic mass is 16.7. The SMILES string of the molecule is C[C@@H]1[C@H]2C[C@]34COC(O2)[C@]1(CC(O)c1ccoc1)[C@H]3CCC=C4C(=O)O. The molecule has 7 atom stereocenters. The molecule has 3 fully saturated rings. The van der Waals surface area contributed by atoms with Crippen LogP contribution in [0.25, 0.3) is 0 Å². The van der Waals surface area contributed by atoms with E-state index < -0.39 is 17.5 Å². The number of hydrogen-bond acceptors (Lipinski definition) is 5. The molecular formula is C20H24O6. The topological polar surface area (TPSA) is 89.1 Å². The Labute approximate surface area is 151 Å². The Morgan fingerprint density at radius 1 is 1.46 bits per heavy atom. The lowest BCUT2D eigenvalue weighted by atomic mass is 9.44. The van der Waals surface area contributed by atoms with Crippen LogP contribution in [0, 0.1) is 22.7 Å². The summed E-state index contributed by atoms with van der Waals surface area (Å²) >= 11 is 0. The number of ether oxygens (including phenoxy) is 2. The molecule has 0 spiro atoms. The molecule has 1 aromatic rings. The smallest absolute Gasteiger partial charge is 0.331 e. The molecule has 0 amide bonds. The third-order valence-electron chi connectivity index (χ3n) is 7.56. The Morgan fingerprint density at radius 2 is 2.31 bits per heavy atom. The van der Waals surface area contributed by atoms with E-state index in [9.17, 15) is 15.0 Å². The van der Waals surface area contributed by atoms with Crippen LogP contribution in [0.3, 0.4) is 0 Å². The van der Waals surface area contributed by atoms with Crippen LogP contribution in [0.5, 0.6) is 0 Å². The van der Waals surface area contributed by atoms with Crippen LogP contribution in [0.4, 0.5) is 0 Å². The minimum absolute atomic E-state index is 0.0313. The lowest BCUT2D eigenvalue weighted by molar-refractivity contribution is -0.246. The van der Waals surface area contributed by atoms with Gasteiger partial charge in [-0.25, -0.2) is 4.79 Å². The largest absolute Gasteiger partial charge is 0.478 e. The second-order valence-electron chi connectivity index (χ2n) is 8.41. The van der Waals surface area contributed by atoms with Gasteiger partial charge in [-0.3, -0.25) is 0 Å². The first-order valence-electron chi connectivity index (χ1n) is 9.40. The molecule has 2 N–H and O–H groups in total. The zero-order valence-corrected chi connectivity index (χ0v) is 14.8. The molecule has 6 nitrogen and oxygen atoms in total. The number of aliphatic carboxylic acids is 1. The van der Waals surface area contributed by atoms with E-state index in [0.29, 0.717) is 25.0 Å². The Balaban J connectivity index is 1.60. The van der Waals surface area contributed by atoms with Crippen molar-refractivity contribution >= 4 is 5.97 Å². The second-order valence-corrected chi connectivity index (χ2v) is 8.41. The average Bonchev–Trinajstić information content (AvgIpc) is 3.15. The summed E-state index contributed by atoms with van der Waals surface area (Å²) in [7, 11) is 0. The minimum Gasteiger partial charge on any atom is -0.478 e. The van der Waals surface area contributed by atoms with E-state index in [1.54, 1.807) is 18.6 Å². The highest BCUT2D eigenvalue weighted by Gasteiger charge is 2.73. The van der Waals surface area contributed by atoms with E-state index >= 15 is 0 Å². The van der Waals surface area contributed by atoms with Gasteiger partial charge in [0, 0.05) is 22.0 Å². The Bertz CT molecular complexity index is 754. The van der Waals surface area contributed by atoms with Gasteiger partial charge in [0.25, 0.3) is 0 Å². The first kappa shape index (κ1) is 16.5. The summed E-state index contributed by atoms with van der Waals surface area (Å²) in [5, 5.41) is 20.7. The van der Waals surface area contributed by atoms with E-state index in [1.165, 1.54) is 0 Å². The fourth-order valence-electron chi connectivity index (χ4n) is 6.42. The fraction of sp³-hybridized carbons (Fsp3) is 0.650. The van der Waals surface area contributed by atoms with Gasteiger partial charge >= 0.3 is 5.97 Å². The van der Waals surface area contributed by atoms with Crippen molar-refractivity contribution < 1.29 is 28.9 Å². The summed E-state index contributed by atoms with van der Waals surface area (Å²) in [6.45, 7) is 2.57. The van der Waals surface area contributed by atoms with Crippen LogP contribution in [0.2, 0.25) is 0 Å².